The highest BCUT2D eigenvalue weighted by molar-refractivity contribution is 6.30. The van der Waals surface area contributed by atoms with Crippen LogP contribution in [0.15, 0.2) is 71.8 Å². The van der Waals surface area contributed by atoms with E-state index in [4.69, 9.17) is 21.1 Å². The molecule has 7 nitrogen and oxygen atoms in total. The van der Waals surface area contributed by atoms with Gasteiger partial charge in [-0.3, -0.25) is 9.59 Å². The number of alkyl halides is 3. The van der Waals surface area contributed by atoms with Crippen LogP contribution in [0.5, 0.6) is 11.5 Å². The molecule has 0 aliphatic heterocycles. The molecule has 0 saturated heterocycles. The van der Waals surface area contributed by atoms with Crippen molar-refractivity contribution in [2.75, 3.05) is 11.9 Å². The molecule has 0 bridgehead atoms. The van der Waals surface area contributed by atoms with Gasteiger partial charge in [0.05, 0.1) is 18.4 Å². The molecule has 200 valence electrons. The fourth-order valence-electron chi connectivity index (χ4n) is 3.19. The number of nitrogens with one attached hydrogen (secondary N) is 2. The lowest BCUT2D eigenvalue weighted by Crippen LogP contribution is -2.20. The number of anilines is 1. The molecule has 0 heterocycles. The van der Waals surface area contributed by atoms with Crippen molar-refractivity contribution >= 4 is 35.3 Å². The Hall–Kier alpha value is -4.05. The van der Waals surface area contributed by atoms with Crippen molar-refractivity contribution in [3.8, 4) is 11.5 Å². The first kappa shape index (κ1) is 28.5. The van der Waals surface area contributed by atoms with Crippen LogP contribution in [0.1, 0.15) is 36.5 Å². The van der Waals surface area contributed by atoms with E-state index in [-0.39, 0.29) is 18.5 Å². The van der Waals surface area contributed by atoms with Crippen molar-refractivity contribution < 1.29 is 32.2 Å². The second-order valence-electron chi connectivity index (χ2n) is 7.97. The summed E-state index contributed by atoms with van der Waals surface area (Å²) in [6.45, 7) is 2.58. The van der Waals surface area contributed by atoms with E-state index >= 15 is 0 Å². The maximum Gasteiger partial charge on any atom is 0.416 e. The fraction of sp³-hybridized carbons (Fsp3) is 0.222. The zero-order chi connectivity index (χ0) is 27.5. The lowest BCUT2D eigenvalue weighted by molar-refractivity contribution is -0.137. The van der Waals surface area contributed by atoms with Crippen molar-refractivity contribution in [3.05, 3.63) is 88.4 Å². The Morgan fingerprint density at radius 3 is 2.39 bits per heavy atom. The Kier molecular flexibility index (Phi) is 10.1. The third kappa shape index (κ3) is 9.11. The van der Waals surface area contributed by atoms with Gasteiger partial charge in [0.1, 0.15) is 6.61 Å². The highest BCUT2D eigenvalue weighted by atomic mass is 35.5. The fourth-order valence-corrected chi connectivity index (χ4v) is 3.32. The third-order valence-electron chi connectivity index (χ3n) is 5.03. The molecule has 38 heavy (non-hydrogen) atoms. The standard InChI is InChI=1S/C27H25ClF3N3O4/c1-2-37-24-14-19(8-11-23(24)38-17-18-6-9-21(28)10-7-18)16-32-34-26(36)13-12-25(35)33-22-5-3-4-20(15-22)27(29,30)31/h3-11,14-16H,2,12-13,17H2,1H3,(H,33,35)(H,34,36). The van der Waals surface area contributed by atoms with Crippen LogP contribution in [0, 0.1) is 0 Å². The molecule has 3 rings (SSSR count). The Balaban J connectivity index is 1.49. The molecule has 0 aromatic heterocycles. The van der Waals surface area contributed by atoms with Crippen LogP contribution in [0.4, 0.5) is 18.9 Å². The molecule has 2 amide bonds. The summed E-state index contributed by atoms with van der Waals surface area (Å²) < 4.78 is 49.9. The summed E-state index contributed by atoms with van der Waals surface area (Å²) in [6, 6.07) is 16.7. The zero-order valence-electron chi connectivity index (χ0n) is 20.3. The van der Waals surface area contributed by atoms with Gasteiger partial charge in [0.2, 0.25) is 11.8 Å². The Morgan fingerprint density at radius 2 is 1.68 bits per heavy atom. The van der Waals surface area contributed by atoms with E-state index in [1.807, 2.05) is 19.1 Å². The van der Waals surface area contributed by atoms with Gasteiger partial charge in [0.15, 0.2) is 11.5 Å². The van der Waals surface area contributed by atoms with Crippen LogP contribution in [0.3, 0.4) is 0 Å². The predicted molar refractivity (Wildman–Crippen MR) is 138 cm³/mol. The second kappa shape index (κ2) is 13.5. The first-order valence-corrected chi connectivity index (χ1v) is 11.9. The molecule has 0 aliphatic carbocycles. The number of carbonyl (C=O) groups excluding carboxylic acids is 2. The minimum absolute atomic E-state index is 0.00560. The molecule has 0 atom stereocenters. The summed E-state index contributed by atoms with van der Waals surface area (Å²) in [6.07, 6.45) is -3.55. The molecular weight excluding hydrogens is 523 g/mol. The maximum absolute atomic E-state index is 12.8. The minimum Gasteiger partial charge on any atom is -0.490 e. The summed E-state index contributed by atoms with van der Waals surface area (Å²) in [7, 11) is 0. The number of nitrogens with zero attached hydrogens (tertiary/aromatic N) is 1. The molecule has 11 heteroatoms. The van der Waals surface area contributed by atoms with Crippen LogP contribution < -0.4 is 20.2 Å². The first-order valence-electron chi connectivity index (χ1n) is 11.6. The number of halogens is 4. The van der Waals surface area contributed by atoms with Gasteiger partial charge in [-0.25, -0.2) is 5.43 Å². The maximum atomic E-state index is 12.8. The Labute approximate surface area is 222 Å². The highest BCUT2D eigenvalue weighted by Gasteiger charge is 2.30. The molecule has 3 aromatic carbocycles. The molecule has 0 unspecified atom stereocenters. The smallest absolute Gasteiger partial charge is 0.416 e. The van der Waals surface area contributed by atoms with E-state index in [0.29, 0.717) is 35.3 Å². The number of hydrazone groups is 1. The number of hydrogen-bond donors (Lipinski definition) is 2. The quantitative estimate of drug-likeness (QED) is 0.221. The van der Waals surface area contributed by atoms with E-state index in [2.05, 4.69) is 15.8 Å². The summed E-state index contributed by atoms with van der Waals surface area (Å²) in [5, 5.41) is 6.87. The average molecular weight is 548 g/mol. The monoisotopic (exact) mass is 547 g/mol. The lowest BCUT2D eigenvalue weighted by Gasteiger charge is -2.12. The molecular formula is C27H25ClF3N3O4. The number of ether oxygens (including phenoxy) is 2. The van der Waals surface area contributed by atoms with E-state index in [9.17, 15) is 22.8 Å². The van der Waals surface area contributed by atoms with E-state index in [1.165, 1.54) is 18.3 Å². The molecule has 0 spiro atoms. The normalized spacial score (nSPS) is 11.3. The second-order valence-corrected chi connectivity index (χ2v) is 8.41. The molecule has 0 radical (unpaired) electrons. The van der Waals surface area contributed by atoms with Crippen LogP contribution in [-0.4, -0.2) is 24.6 Å². The number of carbonyl (C=O) groups is 2. The van der Waals surface area contributed by atoms with Crippen molar-refractivity contribution in [2.24, 2.45) is 5.10 Å². The van der Waals surface area contributed by atoms with Gasteiger partial charge in [-0.05, 0) is 66.6 Å². The number of rotatable bonds is 11. The molecule has 0 saturated carbocycles. The van der Waals surface area contributed by atoms with Crippen LogP contribution in [0.25, 0.3) is 0 Å². The Morgan fingerprint density at radius 1 is 0.947 bits per heavy atom. The first-order chi connectivity index (χ1) is 18.1. The number of benzene rings is 3. The topological polar surface area (TPSA) is 89.0 Å². The lowest BCUT2D eigenvalue weighted by atomic mass is 10.2. The number of hydrogen-bond acceptors (Lipinski definition) is 5. The van der Waals surface area contributed by atoms with Crippen molar-refractivity contribution in [1.82, 2.24) is 5.43 Å². The van der Waals surface area contributed by atoms with Gasteiger partial charge in [0, 0.05) is 23.6 Å². The highest BCUT2D eigenvalue weighted by Crippen LogP contribution is 2.31. The van der Waals surface area contributed by atoms with Crippen LogP contribution in [0.2, 0.25) is 5.02 Å². The van der Waals surface area contributed by atoms with E-state index in [1.54, 1.807) is 30.3 Å². The van der Waals surface area contributed by atoms with Gasteiger partial charge in [0.25, 0.3) is 0 Å². The summed E-state index contributed by atoms with van der Waals surface area (Å²) in [5.41, 5.74) is 3.00. The van der Waals surface area contributed by atoms with Crippen LogP contribution in [-0.2, 0) is 22.4 Å². The van der Waals surface area contributed by atoms with Crippen molar-refractivity contribution in [3.63, 3.8) is 0 Å². The molecule has 2 N–H and O–H groups in total. The average Bonchev–Trinajstić information content (AvgIpc) is 2.88. The van der Waals surface area contributed by atoms with E-state index in [0.717, 1.165) is 17.7 Å². The van der Waals surface area contributed by atoms with Crippen molar-refractivity contribution in [2.45, 2.75) is 32.5 Å². The van der Waals surface area contributed by atoms with Gasteiger partial charge < -0.3 is 14.8 Å². The van der Waals surface area contributed by atoms with Crippen LogP contribution >= 0.6 is 11.6 Å². The predicted octanol–water partition coefficient (Wildman–Crippen LogP) is 6.21. The zero-order valence-corrected chi connectivity index (χ0v) is 21.1. The molecule has 3 aromatic rings. The van der Waals surface area contributed by atoms with Gasteiger partial charge >= 0.3 is 6.18 Å². The van der Waals surface area contributed by atoms with Crippen molar-refractivity contribution in [1.29, 1.82) is 0 Å². The molecule has 0 aliphatic rings. The van der Waals surface area contributed by atoms with Gasteiger partial charge in [-0.1, -0.05) is 29.8 Å². The van der Waals surface area contributed by atoms with Gasteiger partial charge in [-0.15, -0.1) is 0 Å². The van der Waals surface area contributed by atoms with E-state index < -0.39 is 23.6 Å². The summed E-state index contributed by atoms with van der Waals surface area (Å²) in [5.74, 6) is -0.0924. The SMILES string of the molecule is CCOc1cc(C=NNC(=O)CCC(=O)Nc2cccc(C(F)(F)F)c2)ccc1OCc1ccc(Cl)cc1. The largest absolute Gasteiger partial charge is 0.490 e. The minimum atomic E-state index is -4.52. The Bertz CT molecular complexity index is 1280. The third-order valence-corrected chi connectivity index (χ3v) is 5.28. The van der Waals surface area contributed by atoms with Gasteiger partial charge in [-0.2, -0.15) is 18.3 Å². The number of amides is 2. The summed E-state index contributed by atoms with van der Waals surface area (Å²) >= 11 is 5.90. The molecule has 0 fully saturated rings. The summed E-state index contributed by atoms with van der Waals surface area (Å²) in [4.78, 5) is 24.1.